The zero-order valence-corrected chi connectivity index (χ0v) is 9.48. The highest BCUT2D eigenvalue weighted by Crippen LogP contribution is 2.47. The van der Waals surface area contributed by atoms with Gasteiger partial charge in [0.25, 0.3) is 0 Å². The van der Waals surface area contributed by atoms with Gasteiger partial charge in [-0.05, 0) is 12.8 Å². The minimum absolute atomic E-state index is 0.107. The maximum absolute atomic E-state index is 12.0. The molecule has 1 saturated carbocycles. The Balaban J connectivity index is 1.85. The Morgan fingerprint density at radius 2 is 2.06 bits per heavy atom. The number of carboxylic acids is 1. The van der Waals surface area contributed by atoms with Gasteiger partial charge in [0.15, 0.2) is 0 Å². The fourth-order valence-electron chi connectivity index (χ4n) is 2.19. The lowest BCUT2D eigenvalue weighted by molar-refractivity contribution is -0.152. The Morgan fingerprint density at radius 3 is 2.44 bits per heavy atom. The van der Waals surface area contributed by atoms with Crippen LogP contribution in [0.5, 0.6) is 0 Å². The van der Waals surface area contributed by atoms with E-state index < -0.39 is 5.97 Å². The van der Waals surface area contributed by atoms with Gasteiger partial charge in [-0.15, -0.1) is 0 Å². The molecule has 0 aromatic carbocycles. The summed E-state index contributed by atoms with van der Waals surface area (Å²) in [6, 6.07) is 0. The number of likely N-dealkylation sites (tertiary alicyclic amines) is 1. The summed E-state index contributed by atoms with van der Waals surface area (Å²) in [4.78, 5) is 24.5. The smallest absolute Gasteiger partial charge is 0.306 e. The Kier molecular flexibility index (Phi) is 2.66. The number of carbonyl (C=O) groups excluding carboxylic acids is 1. The Bertz CT molecular complexity index is 319. The maximum atomic E-state index is 12.0. The third kappa shape index (κ3) is 1.69. The molecule has 3 N–H and O–H groups in total. The molecule has 1 heterocycles. The number of hydrogen-bond acceptors (Lipinski definition) is 3. The number of carbonyl (C=O) groups is 2. The highest BCUT2D eigenvalue weighted by Gasteiger charge is 2.53. The average molecular weight is 226 g/mol. The van der Waals surface area contributed by atoms with Crippen molar-refractivity contribution in [3.05, 3.63) is 0 Å². The van der Waals surface area contributed by atoms with Crippen LogP contribution in [0, 0.1) is 17.3 Å². The van der Waals surface area contributed by atoms with Gasteiger partial charge in [-0.3, -0.25) is 9.59 Å². The summed E-state index contributed by atoms with van der Waals surface area (Å²) in [6.45, 7) is 3.27. The molecule has 90 valence electrons. The average Bonchev–Trinajstić information content (AvgIpc) is 2.95. The quantitative estimate of drug-likeness (QED) is 0.701. The summed E-state index contributed by atoms with van der Waals surface area (Å²) >= 11 is 0. The SMILES string of the molecule is CC(C(=O)O)C1CN(C(=O)C2(CN)CC2)C1. The molecule has 0 bridgehead atoms. The lowest BCUT2D eigenvalue weighted by atomic mass is 9.86. The molecular formula is C11H18N2O3. The molecule has 0 aromatic rings. The Hall–Kier alpha value is -1.10. The second kappa shape index (κ2) is 3.73. The zero-order chi connectivity index (χ0) is 11.9. The van der Waals surface area contributed by atoms with Crippen LogP contribution in [0.15, 0.2) is 0 Å². The Morgan fingerprint density at radius 1 is 1.50 bits per heavy atom. The van der Waals surface area contributed by atoms with Gasteiger partial charge in [-0.2, -0.15) is 0 Å². The number of carboxylic acid groups (broad SMARTS) is 1. The monoisotopic (exact) mass is 226 g/mol. The van der Waals surface area contributed by atoms with E-state index in [1.807, 2.05) is 0 Å². The van der Waals surface area contributed by atoms with Crippen molar-refractivity contribution < 1.29 is 14.7 Å². The number of amides is 1. The summed E-state index contributed by atoms with van der Waals surface area (Å²) < 4.78 is 0. The largest absolute Gasteiger partial charge is 0.481 e. The molecule has 1 amide bonds. The molecule has 1 aliphatic carbocycles. The fourth-order valence-corrected chi connectivity index (χ4v) is 2.19. The predicted octanol–water partition coefficient (Wildman–Crippen LogP) is -0.0956. The van der Waals surface area contributed by atoms with Gasteiger partial charge >= 0.3 is 5.97 Å². The molecule has 2 aliphatic rings. The molecule has 1 unspecified atom stereocenters. The van der Waals surface area contributed by atoms with E-state index in [0.29, 0.717) is 19.6 Å². The summed E-state index contributed by atoms with van der Waals surface area (Å²) in [5, 5.41) is 8.84. The minimum atomic E-state index is -0.781. The van der Waals surface area contributed by atoms with Crippen molar-refractivity contribution >= 4 is 11.9 Å². The first-order chi connectivity index (χ1) is 7.50. The maximum Gasteiger partial charge on any atom is 0.306 e. The molecule has 1 atom stereocenters. The van der Waals surface area contributed by atoms with Crippen molar-refractivity contribution in [2.24, 2.45) is 23.0 Å². The zero-order valence-electron chi connectivity index (χ0n) is 9.48. The second-order valence-corrected chi connectivity index (χ2v) is 5.08. The molecule has 0 spiro atoms. The standard InChI is InChI=1S/C11H18N2O3/c1-7(9(14)15)8-4-13(5-8)10(16)11(6-12)2-3-11/h7-8H,2-6,12H2,1H3,(H,14,15). The van der Waals surface area contributed by atoms with Crippen LogP contribution in [-0.2, 0) is 9.59 Å². The molecule has 1 aliphatic heterocycles. The summed E-state index contributed by atoms with van der Waals surface area (Å²) in [5.41, 5.74) is 5.29. The first-order valence-electron chi connectivity index (χ1n) is 5.72. The molecule has 1 saturated heterocycles. The highest BCUT2D eigenvalue weighted by molar-refractivity contribution is 5.86. The van der Waals surface area contributed by atoms with Crippen LogP contribution in [-0.4, -0.2) is 41.5 Å². The van der Waals surface area contributed by atoms with Crippen LogP contribution in [0.1, 0.15) is 19.8 Å². The van der Waals surface area contributed by atoms with E-state index in [0.717, 1.165) is 12.8 Å². The number of rotatable bonds is 4. The lowest BCUT2D eigenvalue weighted by Gasteiger charge is -2.42. The van der Waals surface area contributed by atoms with Crippen molar-refractivity contribution in [1.29, 1.82) is 0 Å². The topological polar surface area (TPSA) is 83.6 Å². The number of hydrogen-bond donors (Lipinski definition) is 2. The van der Waals surface area contributed by atoms with Crippen molar-refractivity contribution in [3.8, 4) is 0 Å². The van der Waals surface area contributed by atoms with Gasteiger partial charge in [0.05, 0.1) is 11.3 Å². The molecule has 0 radical (unpaired) electrons. The predicted molar refractivity (Wildman–Crippen MR) is 57.6 cm³/mol. The first-order valence-corrected chi connectivity index (χ1v) is 5.72. The molecule has 2 fully saturated rings. The van der Waals surface area contributed by atoms with Crippen LogP contribution in [0.4, 0.5) is 0 Å². The van der Waals surface area contributed by atoms with E-state index in [9.17, 15) is 9.59 Å². The van der Waals surface area contributed by atoms with E-state index in [1.165, 1.54) is 0 Å². The van der Waals surface area contributed by atoms with E-state index in [4.69, 9.17) is 10.8 Å². The number of nitrogens with two attached hydrogens (primary N) is 1. The lowest BCUT2D eigenvalue weighted by Crippen LogP contribution is -2.56. The summed E-state index contributed by atoms with van der Waals surface area (Å²) in [6.07, 6.45) is 1.77. The van der Waals surface area contributed by atoms with Crippen molar-refractivity contribution in [1.82, 2.24) is 4.90 Å². The molecular weight excluding hydrogens is 208 g/mol. The van der Waals surface area contributed by atoms with E-state index in [1.54, 1.807) is 11.8 Å². The Labute approximate surface area is 94.6 Å². The van der Waals surface area contributed by atoms with Crippen LogP contribution in [0.25, 0.3) is 0 Å². The normalized spacial score (nSPS) is 24.8. The fraction of sp³-hybridized carbons (Fsp3) is 0.818. The van der Waals surface area contributed by atoms with Crippen molar-refractivity contribution in [3.63, 3.8) is 0 Å². The summed E-state index contributed by atoms with van der Waals surface area (Å²) in [7, 11) is 0. The van der Waals surface area contributed by atoms with Gasteiger partial charge < -0.3 is 15.7 Å². The third-order valence-corrected chi connectivity index (χ3v) is 3.99. The van der Waals surface area contributed by atoms with Crippen LogP contribution in [0.2, 0.25) is 0 Å². The van der Waals surface area contributed by atoms with Gasteiger partial charge in [0.1, 0.15) is 0 Å². The number of aliphatic carboxylic acids is 1. The van der Waals surface area contributed by atoms with Crippen molar-refractivity contribution in [2.75, 3.05) is 19.6 Å². The van der Waals surface area contributed by atoms with Gasteiger partial charge in [-0.25, -0.2) is 0 Å². The molecule has 5 nitrogen and oxygen atoms in total. The second-order valence-electron chi connectivity index (χ2n) is 5.08. The third-order valence-electron chi connectivity index (χ3n) is 3.99. The molecule has 16 heavy (non-hydrogen) atoms. The van der Waals surface area contributed by atoms with E-state index in [2.05, 4.69) is 0 Å². The van der Waals surface area contributed by atoms with Gasteiger partial charge in [-0.1, -0.05) is 6.92 Å². The van der Waals surface area contributed by atoms with Crippen LogP contribution >= 0.6 is 0 Å². The van der Waals surface area contributed by atoms with Crippen LogP contribution in [0.3, 0.4) is 0 Å². The van der Waals surface area contributed by atoms with Gasteiger partial charge in [0.2, 0.25) is 5.91 Å². The van der Waals surface area contributed by atoms with Crippen LogP contribution < -0.4 is 5.73 Å². The van der Waals surface area contributed by atoms with Gasteiger partial charge in [0, 0.05) is 25.6 Å². The van der Waals surface area contributed by atoms with E-state index >= 15 is 0 Å². The minimum Gasteiger partial charge on any atom is -0.481 e. The van der Waals surface area contributed by atoms with E-state index in [-0.39, 0.29) is 23.2 Å². The molecule has 2 rings (SSSR count). The molecule has 5 heteroatoms. The number of nitrogens with zero attached hydrogens (tertiary/aromatic N) is 1. The van der Waals surface area contributed by atoms with Crippen molar-refractivity contribution in [2.45, 2.75) is 19.8 Å². The highest BCUT2D eigenvalue weighted by atomic mass is 16.4. The molecule has 0 aromatic heterocycles. The summed E-state index contributed by atoms with van der Waals surface area (Å²) in [5.74, 6) is -0.909. The first kappa shape index (κ1) is 11.4.